The van der Waals surface area contributed by atoms with Gasteiger partial charge in [-0.1, -0.05) is 12.1 Å². The maximum atomic E-state index is 12.2. The zero-order valence-electron chi connectivity index (χ0n) is 17.1. The Kier molecular flexibility index (Phi) is 5.53. The Morgan fingerprint density at radius 2 is 2.03 bits per heavy atom. The van der Waals surface area contributed by atoms with E-state index in [2.05, 4.69) is 16.0 Å². The molecule has 0 amide bonds. The van der Waals surface area contributed by atoms with Gasteiger partial charge in [0, 0.05) is 29.4 Å². The number of esters is 1. The number of anilines is 1. The summed E-state index contributed by atoms with van der Waals surface area (Å²) < 4.78 is 10.9. The highest BCUT2D eigenvalue weighted by Gasteiger charge is 2.32. The zero-order valence-corrected chi connectivity index (χ0v) is 17.1. The number of nitrogens with zero attached hydrogens (tertiary/aromatic N) is 3. The summed E-state index contributed by atoms with van der Waals surface area (Å²) in [6, 6.07) is 17.1. The van der Waals surface area contributed by atoms with Crippen LogP contribution in [0.15, 0.2) is 48.5 Å². The van der Waals surface area contributed by atoms with Crippen LogP contribution in [0.4, 0.5) is 5.69 Å². The molecule has 1 aromatic heterocycles. The number of hydrogen-bond acceptors (Lipinski definition) is 6. The summed E-state index contributed by atoms with van der Waals surface area (Å²) in [7, 11) is 1.44. The second-order valence-electron chi connectivity index (χ2n) is 7.43. The van der Waals surface area contributed by atoms with Crippen molar-refractivity contribution in [3.63, 3.8) is 0 Å². The minimum Gasteiger partial charge on any atom is -0.489 e. The number of aryl methyl sites for hydroxylation is 1. The second-order valence-corrected chi connectivity index (χ2v) is 7.43. The lowest BCUT2D eigenvalue weighted by Crippen LogP contribution is -2.37. The molecule has 2 aromatic carbocycles. The van der Waals surface area contributed by atoms with Gasteiger partial charge >= 0.3 is 5.97 Å². The highest BCUT2D eigenvalue weighted by atomic mass is 16.5. The second kappa shape index (κ2) is 8.42. The van der Waals surface area contributed by atoms with E-state index in [-0.39, 0.29) is 12.0 Å². The van der Waals surface area contributed by atoms with Gasteiger partial charge < -0.3 is 14.4 Å². The van der Waals surface area contributed by atoms with Crippen molar-refractivity contribution >= 4 is 22.6 Å². The molecule has 0 spiro atoms. The Morgan fingerprint density at radius 3 is 2.77 bits per heavy atom. The number of ether oxygens (including phenoxy) is 2. The maximum absolute atomic E-state index is 12.2. The van der Waals surface area contributed by atoms with E-state index in [1.54, 1.807) is 12.1 Å². The van der Waals surface area contributed by atoms with E-state index in [0.29, 0.717) is 12.2 Å². The molecule has 30 heavy (non-hydrogen) atoms. The van der Waals surface area contributed by atoms with Gasteiger partial charge in [0.05, 0.1) is 24.3 Å². The van der Waals surface area contributed by atoms with Crippen LogP contribution in [0.2, 0.25) is 0 Å². The third kappa shape index (κ3) is 3.92. The van der Waals surface area contributed by atoms with E-state index in [0.717, 1.165) is 53.0 Å². The molecule has 1 aliphatic heterocycles. The van der Waals surface area contributed by atoms with Gasteiger partial charge in [-0.15, -0.1) is 0 Å². The third-order valence-electron chi connectivity index (χ3n) is 5.41. The fourth-order valence-electron chi connectivity index (χ4n) is 3.92. The number of carbonyl (C=O) groups excluding carboxylic acids is 1. The van der Waals surface area contributed by atoms with Crippen LogP contribution in [0.3, 0.4) is 0 Å². The summed E-state index contributed by atoms with van der Waals surface area (Å²) in [5, 5.41) is 9.89. The summed E-state index contributed by atoms with van der Waals surface area (Å²) in [5.74, 6) is 0.527. The smallest absolute Gasteiger partial charge is 0.328 e. The zero-order chi connectivity index (χ0) is 21.1. The van der Waals surface area contributed by atoms with Crippen LogP contribution in [-0.2, 0) is 16.1 Å². The standard InChI is InChI=1S/C24H23N3O3/c1-16-12-23(27-11-3-4-22(27)24(28)29-2)20-10-9-19(13-21(20)26-16)30-15-18-7-5-17(14-25)6-8-18/h5-10,12-13,22H,3-4,11,15H2,1-2H3/t22-/m0/s1. The van der Waals surface area contributed by atoms with Gasteiger partial charge in [0.2, 0.25) is 0 Å². The van der Waals surface area contributed by atoms with E-state index < -0.39 is 0 Å². The lowest BCUT2D eigenvalue weighted by atomic mass is 10.1. The summed E-state index contributed by atoms with van der Waals surface area (Å²) in [4.78, 5) is 19.0. The number of rotatable bonds is 5. The number of aromatic nitrogens is 1. The molecule has 2 heterocycles. The average Bonchev–Trinajstić information content (AvgIpc) is 3.26. The van der Waals surface area contributed by atoms with E-state index >= 15 is 0 Å². The molecular formula is C24H23N3O3. The fraction of sp³-hybridized carbons (Fsp3) is 0.292. The van der Waals surface area contributed by atoms with Crippen molar-refractivity contribution in [3.8, 4) is 11.8 Å². The molecule has 152 valence electrons. The molecule has 0 N–H and O–H groups in total. The highest BCUT2D eigenvalue weighted by molar-refractivity contribution is 5.95. The SMILES string of the molecule is COC(=O)[C@@H]1CCCN1c1cc(C)nc2cc(OCc3ccc(C#N)cc3)ccc12. The molecule has 3 aromatic rings. The first-order chi connectivity index (χ1) is 14.6. The molecule has 0 radical (unpaired) electrons. The maximum Gasteiger partial charge on any atom is 0.328 e. The van der Waals surface area contributed by atoms with Crippen LogP contribution < -0.4 is 9.64 Å². The fourth-order valence-corrected chi connectivity index (χ4v) is 3.92. The topological polar surface area (TPSA) is 75.4 Å². The molecule has 6 nitrogen and oxygen atoms in total. The molecule has 0 saturated carbocycles. The molecule has 1 fully saturated rings. The number of benzene rings is 2. The first-order valence-corrected chi connectivity index (χ1v) is 9.97. The van der Waals surface area contributed by atoms with Gasteiger partial charge in [0.25, 0.3) is 0 Å². The third-order valence-corrected chi connectivity index (χ3v) is 5.41. The first-order valence-electron chi connectivity index (χ1n) is 9.97. The minimum absolute atomic E-state index is 0.197. The average molecular weight is 401 g/mol. The Labute approximate surface area is 175 Å². The molecule has 6 heteroatoms. The summed E-state index contributed by atoms with van der Waals surface area (Å²) in [6.07, 6.45) is 1.75. The van der Waals surface area contributed by atoms with E-state index in [9.17, 15) is 4.79 Å². The van der Waals surface area contributed by atoms with Crippen molar-refractivity contribution in [2.45, 2.75) is 32.4 Å². The van der Waals surface area contributed by atoms with Crippen LogP contribution in [0.5, 0.6) is 5.75 Å². The number of methoxy groups -OCH3 is 1. The van der Waals surface area contributed by atoms with Crippen LogP contribution in [-0.4, -0.2) is 30.6 Å². The molecule has 0 aliphatic carbocycles. The summed E-state index contributed by atoms with van der Waals surface area (Å²) in [6.45, 7) is 3.18. The largest absolute Gasteiger partial charge is 0.489 e. The van der Waals surface area contributed by atoms with Crippen LogP contribution >= 0.6 is 0 Å². The molecule has 4 rings (SSSR count). The molecule has 1 saturated heterocycles. The van der Waals surface area contributed by atoms with Gasteiger partial charge in [-0.25, -0.2) is 4.79 Å². The monoisotopic (exact) mass is 401 g/mol. The molecule has 0 unspecified atom stereocenters. The van der Waals surface area contributed by atoms with Gasteiger partial charge in [0.1, 0.15) is 18.4 Å². The highest BCUT2D eigenvalue weighted by Crippen LogP contribution is 2.34. The lowest BCUT2D eigenvalue weighted by molar-refractivity contribution is -0.141. The predicted molar refractivity (Wildman–Crippen MR) is 114 cm³/mol. The molecular weight excluding hydrogens is 378 g/mol. The summed E-state index contributed by atoms with van der Waals surface area (Å²) >= 11 is 0. The van der Waals surface area contributed by atoms with Crippen molar-refractivity contribution in [2.24, 2.45) is 0 Å². The van der Waals surface area contributed by atoms with Gasteiger partial charge in [-0.3, -0.25) is 4.98 Å². The Morgan fingerprint density at radius 1 is 1.23 bits per heavy atom. The van der Waals surface area contributed by atoms with Crippen molar-refractivity contribution in [1.82, 2.24) is 4.98 Å². The Bertz CT molecular complexity index is 1120. The lowest BCUT2D eigenvalue weighted by Gasteiger charge is -2.26. The molecule has 1 atom stereocenters. The van der Waals surface area contributed by atoms with Gasteiger partial charge in [-0.2, -0.15) is 5.26 Å². The van der Waals surface area contributed by atoms with Crippen molar-refractivity contribution in [3.05, 3.63) is 65.4 Å². The molecule has 0 bridgehead atoms. The number of fused-ring (bicyclic) bond motifs is 1. The van der Waals surface area contributed by atoms with E-state index in [1.807, 2.05) is 43.3 Å². The van der Waals surface area contributed by atoms with Crippen molar-refractivity contribution < 1.29 is 14.3 Å². The van der Waals surface area contributed by atoms with Crippen molar-refractivity contribution in [2.75, 3.05) is 18.6 Å². The first kappa shape index (κ1) is 19.7. The number of nitriles is 1. The molecule has 1 aliphatic rings. The van der Waals surface area contributed by atoms with Crippen molar-refractivity contribution in [1.29, 1.82) is 5.26 Å². The number of pyridine rings is 1. The van der Waals surface area contributed by atoms with Crippen LogP contribution in [0, 0.1) is 18.3 Å². The minimum atomic E-state index is -0.257. The quantitative estimate of drug-likeness (QED) is 0.598. The van der Waals surface area contributed by atoms with Gasteiger partial charge in [0.15, 0.2) is 0 Å². The number of hydrogen-bond donors (Lipinski definition) is 0. The number of carbonyl (C=O) groups is 1. The van der Waals surface area contributed by atoms with E-state index in [4.69, 9.17) is 14.7 Å². The summed E-state index contributed by atoms with van der Waals surface area (Å²) in [5.41, 5.74) is 4.34. The van der Waals surface area contributed by atoms with Crippen LogP contribution in [0.25, 0.3) is 10.9 Å². The predicted octanol–water partition coefficient (Wildman–Crippen LogP) is 4.14. The van der Waals surface area contributed by atoms with Gasteiger partial charge in [-0.05, 0) is 55.7 Å². The Hall–Kier alpha value is -3.59. The van der Waals surface area contributed by atoms with Crippen LogP contribution in [0.1, 0.15) is 29.7 Å². The Balaban J connectivity index is 1.60. The van der Waals surface area contributed by atoms with E-state index in [1.165, 1.54) is 7.11 Å². The normalized spacial score (nSPS) is 15.8.